The molecule has 1 aromatic carbocycles. The summed E-state index contributed by atoms with van der Waals surface area (Å²) < 4.78 is 93.8. The number of carbonyl (C=O) groups excluding carboxylic acids is 3. The molecular formula is C37H37F6N9O5. The van der Waals surface area contributed by atoms with Crippen molar-refractivity contribution < 1.29 is 50.0 Å². The van der Waals surface area contributed by atoms with Gasteiger partial charge in [0, 0.05) is 49.9 Å². The summed E-state index contributed by atoms with van der Waals surface area (Å²) in [4.78, 5) is 42.8. The summed E-state index contributed by atoms with van der Waals surface area (Å²) in [6.07, 6.45) is -4.08. The van der Waals surface area contributed by atoms with Gasteiger partial charge in [-0.2, -0.15) is 46.8 Å². The molecule has 2 aliphatic heterocycles. The Labute approximate surface area is 321 Å². The fraction of sp³-hybridized carbons (Fsp3) is 0.514. The van der Waals surface area contributed by atoms with Crippen LogP contribution in [0.1, 0.15) is 93.8 Å². The van der Waals surface area contributed by atoms with Gasteiger partial charge in [-0.15, -0.1) is 0 Å². The molecule has 2 saturated carbocycles. The first-order valence-corrected chi connectivity index (χ1v) is 18.0. The lowest BCUT2D eigenvalue weighted by atomic mass is 9.70. The first-order valence-electron chi connectivity index (χ1n) is 18.0. The standard InChI is InChI=1S/C23H26F6N6O2.C14H11N3O3/c1-13(35-8-3-15(31-35)20(4-5-20)22(24,25)26)17-30-16(32-37-17)14-9-33(2)10-19(14)11-34(12-19)18(36)21(6-7-21)23(27,28)29;1-20-14(19)13-4-10(5-15)2-3-12(13)8-17-7-11(9-18)6-16-17/h3,8,13-14H,4-7,9-12H2,1-2H3;2-4,6-7,9H,8H2,1H3. The fourth-order valence-electron chi connectivity index (χ4n) is 7.87. The molecule has 5 heterocycles. The van der Waals surface area contributed by atoms with E-state index >= 15 is 0 Å². The SMILES string of the molecule is CC(c1nc(C2CN(C)CC23CN(C(=O)C2(C(F)(F)F)CC2)C3)no1)n1ccc(C2(C(F)(F)F)CC2)n1.COC(=O)c1cc(C#N)ccc1Cn1cc(C=O)cn1. The van der Waals surface area contributed by atoms with Crippen LogP contribution in [0.2, 0.25) is 0 Å². The number of rotatable bonds is 9. The lowest BCUT2D eigenvalue weighted by molar-refractivity contribution is -0.204. The molecule has 4 aromatic rings. The molecule has 4 fully saturated rings. The monoisotopic (exact) mass is 801 g/mol. The van der Waals surface area contributed by atoms with Crippen molar-refractivity contribution in [2.24, 2.45) is 10.8 Å². The highest BCUT2D eigenvalue weighted by Gasteiger charge is 2.71. The average molecular weight is 802 g/mol. The van der Waals surface area contributed by atoms with E-state index in [1.807, 2.05) is 18.0 Å². The number of amides is 1. The number of halogens is 6. The van der Waals surface area contributed by atoms with Gasteiger partial charge >= 0.3 is 18.3 Å². The minimum atomic E-state index is -4.55. The van der Waals surface area contributed by atoms with E-state index in [2.05, 4.69) is 20.3 Å². The van der Waals surface area contributed by atoms with Crippen molar-refractivity contribution in [3.8, 4) is 6.07 Å². The molecule has 14 nitrogen and oxygen atoms in total. The summed E-state index contributed by atoms with van der Waals surface area (Å²) in [6.45, 7) is 3.47. The first-order chi connectivity index (χ1) is 26.9. The van der Waals surface area contributed by atoms with E-state index in [0.29, 0.717) is 54.0 Å². The number of nitrogens with zero attached hydrogens (tertiary/aromatic N) is 9. The topological polar surface area (TPSA) is 165 Å². The Balaban J connectivity index is 0.000000210. The van der Waals surface area contributed by atoms with Gasteiger partial charge in [0.1, 0.15) is 16.9 Å². The minimum absolute atomic E-state index is 0.00743. The fourth-order valence-corrected chi connectivity index (χ4v) is 7.87. The number of ether oxygens (including phenoxy) is 1. The number of likely N-dealkylation sites (N-methyl/N-ethyl adjacent to an activating group) is 1. The maximum atomic E-state index is 13.5. The van der Waals surface area contributed by atoms with Crippen LogP contribution in [-0.2, 0) is 21.5 Å². The number of carbonyl (C=O) groups is 3. The predicted molar refractivity (Wildman–Crippen MR) is 183 cm³/mol. The summed E-state index contributed by atoms with van der Waals surface area (Å²) in [5, 5.41) is 21.2. The van der Waals surface area contributed by atoms with Gasteiger partial charge in [0.15, 0.2) is 12.1 Å². The summed E-state index contributed by atoms with van der Waals surface area (Å²) in [6, 6.07) is 7.49. The Morgan fingerprint density at radius 3 is 2.39 bits per heavy atom. The number of alkyl halides is 6. The number of methoxy groups -OCH3 is 1. The quantitative estimate of drug-likeness (QED) is 0.126. The Morgan fingerprint density at radius 1 is 1.09 bits per heavy atom. The molecule has 57 heavy (non-hydrogen) atoms. The third-order valence-electron chi connectivity index (χ3n) is 11.5. The molecule has 8 rings (SSSR count). The summed E-state index contributed by atoms with van der Waals surface area (Å²) in [5.41, 5.74) is -2.84. The van der Waals surface area contributed by atoms with Crippen LogP contribution in [0.25, 0.3) is 0 Å². The molecule has 302 valence electrons. The zero-order valence-corrected chi connectivity index (χ0v) is 31.0. The highest BCUT2D eigenvalue weighted by Crippen LogP contribution is 2.61. The molecule has 1 spiro atoms. The van der Waals surface area contributed by atoms with E-state index < -0.39 is 46.5 Å². The zero-order valence-electron chi connectivity index (χ0n) is 31.0. The van der Waals surface area contributed by atoms with Crippen molar-refractivity contribution in [1.82, 2.24) is 39.5 Å². The molecule has 2 unspecified atom stereocenters. The minimum Gasteiger partial charge on any atom is -0.465 e. The van der Waals surface area contributed by atoms with E-state index in [1.54, 1.807) is 25.3 Å². The van der Waals surface area contributed by atoms with E-state index in [-0.39, 0.29) is 56.3 Å². The highest BCUT2D eigenvalue weighted by atomic mass is 19.4. The van der Waals surface area contributed by atoms with Gasteiger partial charge in [0.05, 0.1) is 48.3 Å². The van der Waals surface area contributed by atoms with Crippen molar-refractivity contribution >= 4 is 18.2 Å². The second-order valence-corrected chi connectivity index (χ2v) is 15.3. The maximum absolute atomic E-state index is 13.5. The third-order valence-corrected chi connectivity index (χ3v) is 11.5. The number of hydrogen-bond donors (Lipinski definition) is 0. The van der Waals surface area contributed by atoms with E-state index in [1.165, 1.54) is 45.9 Å². The van der Waals surface area contributed by atoms with Gasteiger partial charge in [-0.25, -0.2) is 4.79 Å². The second-order valence-electron chi connectivity index (χ2n) is 15.3. The van der Waals surface area contributed by atoms with Crippen molar-refractivity contribution in [3.05, 3.63) is 82.5 Å². The van der Waals surface area contributed by atoms with Gasteiger partial charge in [-0.3, -0.25) is 19.0 Å². The number of hydrogen-bond acceptors (Lipinski definition) is 11. The predicted octanol–water partition coefficient (Wildman–Crippen LogP) is 5.07. The third kappa shape index (κ3) is 7.06. The Bertz CT molecular complexity index is 2220. The maximum Gasteiger partial charge on any atom is 0.403 e. The number of aldehydes is 1. The van der Waals surface area contributed by atoms with Crippen LogP contribution in [-0.4, -0.2) is 110 Å². The van der Waals surface area contributed by atoms with Crippen LogP contribution >= 0.6 is 0 Å². The van der Waals surface area contributed by atoms with Crippen molar-refractivity contribution in [3.63, 3.8) is 0 Å². The van der Waals surface area contributed by atoms with Crippen molar-refractivity contribution in [2.45, 2.75) is 68.9 Å². The first kappa shape index (κ1) is 39.6. The van der Waals surface area contributed by atoms with Crippen LogP contribution in [0.15, 0.2) is 47.4 Å². The number of esters is 1. The number of likely N-dealkylation sites (tertiary alicyclic amines) is 2. The Morgan fingerprint density at radius 2 is 1.81 bits per heavy atom. The average Bonchev–Trinajstić information content (AvgIpc) is 3.90. The van der Waals surface area contributed by atoms with E-state index in [9.17, 15) is 40.7 Å². The molecule has 4 aliphatic rings. The molecule has 1 amide bonds. The Hall–Kier alpha value is -5.58. The van der Waals surface area contributed by atoms with Crippen molar-refractivity contribution in [2.75, 3.05) is 40.3 Å². The molecule has 0 N–H and O–H groups in total. The van der Waals surface area contributed by atoms with Crippen LogP contribution in [0.3, 0.4) is 0 Å². The molecule has 2 aliphatic carbocycles. The highest BCUT2D eigenvalue weighted by molar-refractivity contribution is 5.91. The molecular weight excluding hydrogens is 764 g/mol. The van der Waals surface area contributed by atoms with Crippen LogP contribution in [0.4, 0.5) is 26.3 Å². The molecule has 0 bridgehead atoms. The number of nitriles is 1. The molecule has 2 atom stereocenters. The van der Waals surface area contributed by atoms with E-state index in [4.69, 9.17) is 14.5 Å². The van der Waals surface area contributed by atoms with Gasteiger partial charge in [-0.1, -0.05) is 11.2 Å². The van der Waals surface area contributed by atoms with Crippen LogP contribution in [0, 0.1) is 22.2 Å². The zero-order chi connectivity index (χ0) is 41.1. The normalized spacial score (nSPS) is 20.8. The summed E-state index contributed by atoms with van der Waals surface area (Å²) >= 11 is 0. The van der Waals surface area contributed by atoms with Crippen molar-refractivity contribution in [1.29, 1.82) is 5.26 Å². The number of aromatic nitrogens is 6. The Kier molecular flexibility index (Phi) is 9.81. The second kappa shape index (κ2) is 14.1. The molecule has 0 radical (unpaired) electrons. The molecule has 3 aromatic heterocycles. The van der Waals surface area contributed by atoms with Crippen LogP contribution < -0.4 is 0 Å². The lowest BCUT2D eigenvalue weighted by Gasteiger charge is -2.51. The molecule has 20 heteroatoms. The van der Waals surface area contributed by atoms with Gasteiger partial charge in [0.2, 0.25) is 5.91 Å². The smallest absolute Gasteiger partial charge is 0.403 e. The van der Waals surface area contributed by atoms with Gasteiger partial charge < -0.3 is 19.1 Å². The lowest BCUT2D eigenvalue weighted by Crippen LogP contribution is -2.64. The van der Waals surface area contributed by atoms with Crippen LogP contribution in [0.5, 0.6) is 0 Å². The molecule has 2 saturated heterocycles. The van der Waals surface area contributed by atoms with Gasteiger partial charge in [-0.05, 0) is 63.4 Å². The van der Waals surface area contributed by atoms with E-state index in [0.717, 1.165) is 0 Å². The van der Waals surface area contributed by atoms with Gasteiger partial charge in [0.25, 0.3) is 5.89 Å². The summed E-state index contributed by atoms with van der Waals surface area (Å²) in [5.74, 6) is -1.09. The number of benzene rings is 1. The summed E-state index contributed by atoms with van der Waals surface area (Å²) in [7, 11) is 3.16. The largest absolute Gasteiger partial charge is 0.465 e.